The minimum Gasteiger partial charge on any atom is -0.349 e. The summed E-state index contributed by atoms with van der Waals surface area (Å²) in [5.41, 5.74) is 3.18. The number of benzene rings is 1. The van der Waals surface area contributed by atoms with E-state index in [2.05, 4.69) is 28.6 Å². The van der Waals surface area contributed by atoms with Crippen molar-refractivity contribution in [3.63, 3.8) is 0 Å². The highest BCUT2D eigenvalue weighted by atomic mass is 16.2. The van der Waals surface area contributed by atoms with Crippen molar-refractivity contribution in [1.82, 2.24) is 19.2 Å². The summed E-state index contributed by atoms with van der Waals surface area (Å²) in [5, 5.41) is 8.48. The Kier molecular flexibility index (Phi) is 3.95. The van der Waals surface area contributed by atoms with Gasteiger partial charge in [-0.25, -0.2) is 4.79 Å². The van der Waals surface area contributed by atoms with Gasteiger partial charge in [0.1, 0.15) is 0 Å². The molecule has 1 aromatic carbocycles. The van der Waals surface area contributed by atoms with Crippen LogP contribution >= 0.6 is 0 Å². The number of hydrogen-bond acceptors (Lipinski definition) is 2. The maximum Gasteiger partial charge on any atom is 0.321 e. The van der Waals surface area contributed by atoms with E-state index in [9.17, 15) is 4.79 Å². The quantitative estimate of drug-likeness (QED) is 0.780. The van der Waals surface area contributed by atoms with Crippen LogP contribution in [0.4, 0.5) is 10.5 Å². The summed E-state index contributed by atoms with van der Waals surface area (Å²) in [6, 6.07) is 10.1. The monoisotopic (exact) mass is 337 g/mol. The topological polar surface area (TPSA) is 55.1 Å². The summed E-state index contributed by atoms with van der Waals surface area (Å²) < 4.78 is 3.98. The molecule has 1 saturated heterocycles. The van der Waals surface area contributed by atoms with Crippen molar-refractivity contribution in [2.75, 3.05) is 18.4 Å². The number of carbonyl (C=O) groups is 1. The number of hydrogen-bond donors (Lipinski definition) is 1. The van der Waals surface area contributed by atoms with Gasteiger partial charge in [-0.05, 0) is 31.0 Å². The Morgan fingerprint density at radius 2 is 1.96 bits per heavy atom. The molecule has 2 aromatic heterocycles. The Bertz CT molecular complexity index is 902. The fourth-order valence-electron chi connectivity index (χ4n) is 3.81. The standard InChI is InChI=1S/C19H23N5O/c1-22-11-7-15-4-3-5-16(18(15)22)21-19(25)24-12-8-14(9-13-24)17-6-10-20-23(17)2/h3-7,10-11,14H,8-9,12-13H2,1-2H3,(H,21,25). The summed E-state index contributed by atoms with van der Waals surface area (Å²) in [7, 11) is 3.98. The second kappa shape index (κ2) is 6.27. The molecule has 0 radical (unpaired) electrons. The molecule has 6 heteroatoms. The molecule has 0 atom stereocenters. The number of piperidine rings is 1. The summed E-state index contributed by atoms with van der Waals surface area (Å²) in [5.74, 6) is 0.479. The van der Waals surface area contributed by atoms with Gasteiger partial charge < -0.3 is 14.8 Å². The zero-order valence-electron chi connectivity index (χ0n) is 14.6. The molecule has 130 valence electrons. The highest BCUT2D eigenvalue weighted by Gasteiger charge is 2.25. The van der Waals surface area contributed by atoms with Gasteiger partial charge in [0.15, 0.2) is 0 Å². The molecule has 1 aliphatic heterocycles. The molecule has 25 heavy (non-hydrogen) atoms. The minimum atomic E-state index is -0.0165. The highest BCUT2D eigenvalue weighted by Crippen LogP contribution is 2.28. The van der Waals surface area contributed by atoms with Crippen molar-refractivity contribution in [3.8, 4) is 0 Å². The second-order valence-electron chi connectivity index (χ2n) is 6.74. The lowest BCUT2D eigenvalue weighted by atomic mass is 9.93. The van der Waals surface area contributed by atoms with Crippen LogP contribution in [0, 0.1) is 0 Å². The molecule has 0 bridgehead atoms. The van der Waals surface area contributed by atoms with Crippen LogP contribution in [0.15, 0.2) is 42.7 Å². The summed E-state index contributed by atoms with van der Waals surface area (Å²) in [6.07, 6.45) is 5.80. The number of aryl methyl sites for hydroxylation is 2. The van der Waals surface area contributed by atoms with Gasteiger partial charge in [0.2, 0.25) is 0 Å². The van der Waals surface area contributed by atoms with Gasteiger partial charge in [-0.15, -0.1) is 0 Å². The third-order valence-corrected chi connectivity index (χ3v) is 5.20. The largest absolute Gasteiger partial charge is 0.349 e. The number of urea groups is 1. The first-order chi connectivity index (χ1) is 12.1. The van der Waals surface area contributed by atoms with E-state index in [-0.39, 0.29) is 6.03 Å². The van der Waals surface area contributed by atoms with Crippen LogP contribution in [-0.4, -0.2) is 38.4 Å². The number of anilines is 1. The summed E-state index contributed by atoms with van der Waals surface area (Å²) in [4.78, 5) is 14.6. The third kappa shape index (κ3) is 2.88. The average Bonchev–Trinajstić information content (AvgIpc) is 3.22. The van der Waals surface area contributed by atoms with Crippen molar-refractivity contribution in [3.05, 3.63) is 48.4 Å². The Morgan fingerprint density at radius 1 is 1.16 bits per heavy atom. The molecule has 0 aliphatic carbocycles. The minimum absolute atomic E-state index is 0.0165. The normalized spacial score (nSPS) is 15.7. The van der Waals surface area contributed by atoms with E-state index in [0.717, 1.165) is 42.5 Å². The summed E-state index contributed by atoms with van der Waals surface area (Å²) in [6.45, 7) is 1.54. The van der Waals surface area contributed by atoms with Gasteiger partial charge >= 0.3 is 6.03 Å². The van der Waals surface area contributed by atoms with Gasteiger partial charge in [-0.3, -0.25) is 4.68 Å². The lowest BCUT2D eigenvalue weighted by molar-refractivity contribution is 0.193. The zero-order valence-corrected chi connectivity index (χ0v) is 14.6. The van der Waals surface area contributed by atoms with Crippen LogP contribution in [0.2, 0.25) is 0 Å². The fraction of sp³-hybridized carbons (Fsp3) is 0.368. The predicted molar refractivity (Wildman–Crippen MR) is 98.7 cm³/mol. The van der Waals surface area contributed by atoms with Gasteiger partial charge in [0.25, 0.3) is 0 Å². The van der Waals surface area contributed by atoms with Crippen LogP contribution in [0.5, 0.6) is 0 Å². The smallest absolute Gasteiger partial charge is 0.321 e. The molecule has 1 N–H and O–H groups in total. The molecule has 0 spiro atoms. The molecule has 1 fully saturated rings. The number of carbonyl (C=O) groups excluding carboxylic acids is 1. The number of fused-ring (bicyclic) bond motifs is 1. The Balaban J connectivity index is 1.44. The van der Waals surface area contributed by atoms with E-state index in [0.29, 0.717) is 5.92 Å². The molecule has 4 rings (SSSR count). The molecule has 3 aromatic rings. The highest BCUT2D eigenvalue weighted by molar-refractivity contribution is 6.00. The zero-order chi connectivity index (χ0) is 17.4. The third-order valence-electron chi connectivity index (χ3n) is 5.20. The first kappa shape index (κ1) is 15.7. The average molecular weight is 337 g/mol. The van der Waals surface area contributed by atoms with E-state index in [1.54, 1.807) is 0 Å². The number of nitrogens with zero attached hydrogens (tertiary/aromatic N) is 4. The van der Waals surface area contributed by atoms with Gasteiger partial charge in [0.05, 0.1) is 11.2 Å². The molecule has 3 heterocycles. The Labute approximate surface area is 147 Å². The van der Waals surface area contributed by atoms with E-state index >= 15 is 0 Å². The molecule has 6 nitrogen and oxygen atoms in total. The van der Waals surface area contributed by atoms with Crippen LogP contribution in [-0.2, 0) is 14.1 Å². The van der Waals surface area contributed by atoms with Crippen molar-refractivity contribution in [1.29, 1.82) is 0 Å². The van der Waals surface area contributed by atoms with Crippen LogP contribution < -0.4 is 5.32 Å². The number of aromatic nitrogens is 3. The van der Waals surface area contributed by atoms with Gasteiger partial charge in [-0.2, -0.15) is 5.10 Å². The lowest BCUT2D eigenvalue weighted by Gasteiger charge is -2.32. The fourth-order valence-corrected chi connectivity index (χ4v) is 3.81. The molecule has 2 amide bonds. The Morgan fingerprint density at radius 3 is 2.68 bits per heavy atom. The second-order valence-corrected chi connectivity index (χ2v) is 6.74. The van der Waals surface area contributed by atoms with E-state index in [4.69, 9.17) is 0 Å². The van der Waals surface area contributed by atoms with Gasteiger partial charge in [0, 0.05) is 56.6 Å². The van der Waals surface area contributed by atoms with Crippen LogP contribution in [0.25, 0.3) is 10.9 Å². The summed E-state index contributed by atoms with van der Waals surface area (Å²) >= 11 is 0. The molecule has 0 saturated carbocycles. The predicted octanol–water partition coefficient (Wildman–Crippen LogP) is 3.32. The van der Waals surface area contributed by atoms with E-state index in [1.165, 1.54) is 5.69 Å². The first-order valence-electron chi connectivity index (χ1n) is 8.71. The molecular weight excluding hydrogens is 314 g/mol. The number of likely N-dealkylation sites (tertiary alicyclic amines) is 1. The van der Waals surface area contributed by atoms with Gasteiger partial charge in [-0.1, -0.05) is 12.1 Å². The van der Waals surface area contributed by atoms with Crippen molar-refractivity contribution >= 4 is 22.6 Å². The number of para-hydroxylation sites is 1. The lowest BCUT2D eigenvalue weighted by Crippen LogP contribution is -2.40. The maximum absolute atomic E-state index is 12.7. The van der Waals surface area contributed by atoms with Crippen LogP contribution in [0.3, 0.4) is 0 Å². The molecule has 0 unspecified atom stereocenters. The molecular formula is C19H23N5O. The van der Waals surface area contributed by atoms with Crippen LogP contribution in [0.1, 0.15) is 24.5 Å². The van der Waals surface area contributed by atoms with Crippen molar-refractivity contribution < 1.29 is 4.79 Å². The molecule has 1 aliphatic rings. The van der Waals surface area contributed by atoms with Crippen molar-refractivity contribution in [2.24, 2.45) is 14.1 Å². The maximum atomic E-state index is 12.7. The van der Waals surface area contributed by atoms with Crippen molar-refractivity contribution in [2.45, 2.75) is 18.8 Å². The number of nitrogens with one attached hydrogen (secondary N) is 1. The van der Waals surface area contributed by atoms with E-state index < -0.39 is 0 Å². The van der Waals surface area contributed by atoms with E-state index in [1.807, 2.05) is 52.8 Å². The first-order valence-corrected chi connectivity index (χ1v) is 8.71. The Hall–Kier alpha value is -2.76. The SMILES string of the molecule is Cn1nccc1C1CCN(C(=O)Nc2cccc3ccn(C)c23)CC1. The number of amides is 2. The number of rotatable bonds is 2.